The molecule has 41 valence electrons. The van der Waals surface area contributed by atoms with Crippen LogP contribution >= 0.6 is 0 Å². The quantitative estimate of drug-likeness (QED) is 0.353. The molecular formula is H2CaMnO5. The normalized spacial score (nSPS) is 8.29. The zero-order chi connectivity index (χ0) is 4.50. The summed E-state index contributed by atoms with van der Waals surface area (Å²) in [5, 5.41) is 0. The monoisotopic (exact) mass is 177 g/mol. The maximum absolute atomic E-state index is 8.58. The Balaban J connectivity index is -0.0000000800. The third kappa shape index (κ3) is 127. The van der Waals surface area contributed by atoms with Crippen LogP contribution in [0.5, 0.6) is 0 Å². The van der Waals surface area contributed by atoms with Crippen LogP contribution in [-0.2, 0) is 21.0 Å². The fourth-order valence-corrected chi connectivity index (χ4v) is 0. The molecule has 7 heteroatoms. The van der Waals surface area contributed by atoms with Crippen molar-refractivity contribution in [2.24, 2.45) is 0 Å². The van der Waals surface area contributed by atoms with Gasteiger partial charge in [-0.2, -0.15) is 0 Å². The van der Waals surface area contributed by atoms with Crippen LogP contribution in [0.1, 0.15) is 0 Å². The Bertz CT molecular complexity index is 91.2. The van der Waals surface area contributed by atoms with Gasteiger partial charge in [-0.3, -0.25) is 0 Å². The summed E-state index contributed by atoms with van der Waals surface area (Å²) in [7, 11) is 0. The van der Waals surface area contributed by atoms with E-state index in [0.717, 1.165) is 0 Å². The minimum absolute atomic E-state index is 0. The van der Waals surface area contributed by atoms with E-state index in [9.17, 15) is 0 Å². The fourth-order valence-electron chi connectivity index (χ4n) is 0. The Kier molecular flexibility index (Phi) is 12.1. The van der Waals surface area contributed by atoms with Crippen molar-refractivity contribution in [2.75, 3.05) is 0 Å². The molecule has 0 aliphatic carbocycles. The molecule has 5 nitrogen and oxygen atoms in total. The third-order valence-electron chi connectivity index (χ3n) is 0. The SMILES string of the molecule is O.[Ca+2].[O]=[Mn](=[O])([O-])[O-]. The van der Waals surface area contributed by atoms with Crippen molar-refractivity contribution in [1.82, 2.24) is 0 Å². The number of hydrogen-bond acceptors (Lipinski definition) is 4. The molecule has 0 radical (unpaired) electrons. The molecule has 0 spiro atoms. The summed E-state index contributed by atoms with van der Waals surface area (Å²) < 4.78 is 34.3. The van der Waals surface area contributed by atoms with E-state index in [1.807, 2.05) is 0 Å². The molecule has 0 atom stereocenters. The molecule has 0 amide bonds. The molecule has 0 aromatic heterocycles. The van der Waals surface area contributed by atoms with E-state index >= 15 is 0 Å². The van der Waals surface area contributed by atoms with Crippen LogP contribution in [0, 0.1) is 0 Å². The average molecular weight is 177 g/mol. The summed E-state index contributed by atoms with van der Waals surface area (Å²) >= 11 is -5.62. The van der Waals surface area contributed by atoms with Gasteiger partial charge in [-0.15, -0.1) is 0 Å². The van der Waals surface area contributed by atoms with Crippen LogP contribution in [-0.4, -0.2) is 43.2 Å². The Morgan fingerprint density at radius 3 is 1.14 bits per heavy atom. The van der Waals surface area contributed by atoms with Crippen molar-refractivity contribution in [2.45, 2.75) is 0 Å². The van der Waals surface area contributed by atoms with Gasteiger partial charge in [0.15, 0.2) is 0 Å². The molecule has 0 rings (SSSR count). The van der Waals surface area contributed by atoms with Crippen molar-refractivity contribution in [3.05, 3.63) is 0 Å². The summed E-state index contributed by atoms with van der Waals surface area (Å²) in [5.41, 5.74) is 0. The van der Waals surface area contributed by atoms with Crippen LogP contribution in [0.25, 0.3) is 0 Å². The molecule has 0 fully saturated rings. The molecule has 0 bridgehead atoms. The van der Waals surface area contributed by atoms with E-state index < -0.39 is 13.4 Å². The predicted molar refractivity (Wildman–Crippen MR) is 10.7 cm³/mol. The standard InChI is InChI=1S/Ca.Mn.H2O.4O/h;;1H2;;;;/q+2;;;;;2*-1. The van der Waals surface area contributed by atoms with Gasteiger partial charge in [0.05, 0.1) is 0 Å². The van der Waals surface area contributed by atoms with Crippen molar-refractivity contribution < 1.29 is 34.9 Å². The fraction of sp³-hybridized carbons (Fsp3) is 0. The summed E-state index contributed by atoms with van der Waals surface area (Å²) in [6.45, 7) is 0. The van der Waals surface area contributed by atoms with Crippen molar-refractivity contribution >= 4 is 37.7 Å². The van der Waals surface area contributed by atoms with Gasteiger partial charge in [0, 0.05) is 0 Å². The number of rotatable bonds is 0. The summed E-state index contributed by atoms with van der Waals surface area (Å²) in [4.78, 5) is 0. The zero-order valence-corrected chi connectivity index (χ0v) is 6.61. The molecule has 0 saturated heterocycles. The second-order valence-corrected chi connectivity index (χ2v) is 1.56. The van der Waals surface area contributed by atoms with E-state index in [1.165, 1.54) is 0 Å². The van der Waals surface area contributed by atoms with Gasteiger partial charge < -0.3 is 5.48 Å². The first kappa shape index (κ1) is 15.7. The summed E-state index contributed by atoms with van der Waals surface area (Å²) in [5.74, 6) is 0. The third-order valence-corrected chi connectivity index (χ3v) is 0. The summed E-state index contributed by atoms with van der Waals surface area (Å²) in [6, 6.07) is 0. The second-order valence-electron chi connectivity index (χ2n) is 0.378. The van der Waals surface area contributed by atoms with E-state index in [4.69, 9.17) is 16.0 Å². The first-order chi connectivity index (χ1) is 2.00. The van der Waals surface area contributed by atoms with E-state index in [2.05, 4.69) is 0 Å². The van der Waals surface area contributed by atoms with Crippen molar-refractivity contribution in [1.29, 1.82) is 0 Å². The van der Waals surface area contributed by atoms with Gasteiger partial charge >= 0.3 is 67.2 Å². The van der Waals surface area contributed by atoms with E-state index in [1.54, 1.807) is 0 Å². The molecule has 0 aromatic carbocycles. The summed E-state index contributed by atoms with van der Waals surface area (Å²) in [6.07, 6.45) is 0. The van der Waals surface area contributed by atoms with Gasteiger partial charge in [0.25, 0.3) is 0 Å². The molecule has 0 unspecified atom stereocenters. The molecule has 0 saturated carbocycles. The van der Waals surface area contributed by atoms with Crippen LogP contribution < -0.4 is 8.38 Å². The maximum atomic E-state index is 8.58. The molecule has 0 heterocycles. The van der Waals surface area contributed by atoms with Gasteiger partial charge in [0.2, 0.25) is 0 Å². The predicted octanol–water partition coefficient (Wildman–Crippen LogP) is -3.82. The van der Waals surface area contributed by atoms with Crippen molar-refractivity contribution in [3.8, 4) is 0 Å². The van der Waals surface area contributed by atoms with Gasteiger partial charge in [-0.05, 0) is 0 Å². The molecule has 0 aliphatic rings. The number of hydrogen-bond donors (Lipinski definition) is 0. The Labute approximate surface area is 71.9 Å². The Hall–Kier alpha value is 1.26. The first-order valence-corrected chi connectivity index (χ1v) is 2.54. The Morgan fingerprint density at radius 1 is 1.14 bits per heavy atom. The minimum atomic E-state index is -5.62. The van der Waals surface area contributed by atoms with Gasteiger partial charge in [-0.25, -0.2) is 0 Å². The molecule has 2 N–H and O–H groups in total. The molecule has 0 aromatic rings. The van der Waals surface area contributed by atoms with Crippen LogP contribution in [0.15, 0.2) is 0 Å². The first-order valence-electron chi connectivity index (χ1n) is 0.617. The topological polar surface area (TPSA) is 112 Å². The van der Waals surface area contributed by atoms with Crippen LogP contribution in [0.3, 0.4) is 0 Å². The zero-order valence-electron chi connectivity index (χ0n) is 3.22. The van der Waals surface area contributed by atoms with E-state index in [-0.39, 0.29) is 43.2 Å². The van der Waals surface area contributed by atoms with Crippen LogP contribution in [0.2, 0.25) is 0 Å². The van der Waals surface area contributed by atoms with Crippen LogP contribution in [0.4, 0.5) is 0 Å². The van der Waals surface area contributed by atoms with E-state index in [0.29, 0.717) is 0 Å². The Morgan fingerprint density at radius 2 is 1.14 bits per heavy atom. The average Bonchev–Trinajstić information content (AvgIpc) is 0.722. The second kappa shape index (κ2) is 5.40. The molecule has 7 heavy (non-hydrogen) atoms. The molecular weight excluding hydrogens is 175 g/mol. The van der Waals surface area contributed by atoms with Gasteiger partial charge in [0.1, 0.15) is 0 Å². The van der Waals surface area contributed by atoms with Gasteiger partial charge in [-0.1, -0.05) is 0 Å². The molecule has 0 aliphatic heterocycles. The van der Waals surface area contributed by atoms with Crippen molar-refractivity contribution in [3.63, 3.8) is 0 Å².